The third-order valence-corrected chi connectivity index (χ3v) is 4.09. The first-order valence-corrected chi connectivity index (χ1v) is 6.51. The summed E-state index contributed by atoms with van der Waals surface area (Å²) in [6.07, 6.45) is 4.03. The number of thiophene rings is 1. The standard InChI is InChI=1S/C13H14N2S/c1-2-6-14-11(3-1)9-12-13-10(4-7-15-12)5-8-16-13/h1-3,5-6,8,12,15H,4,7,9H2/t12-/m0/s1. The molecule has 16 heavy (non-hydrogen) atoms. The first-order chi connectivity index (χ1) is 7.93. The van der Waals surface area contributed by atoms with Crippen LogP contribution in [0.25, 0.3) is 0 Å². The lowest BCUT2D eigenvalue weighted by Crippen LogP contribution is -2.30. The quantitative estimate of drug-likeness (QED) is 0.857. The van der Waals surface area contributed by atoms with Gasteiger partial charge in [-0.2, -0.15) is 0 Å². The Morgan fingerprint density at radius 2 is 2.38 bits per heavy atom. The summed E-state index contributed by atoms with van der Waals surface area (Å²) in [7, 11) is 0. The van der Waals surface area contributed by atoms with Gasteiger partial charge in [-0.1, -0.05) is 6.07 Å². The number of nitrogens with zero attached hydrogens (tertiary/aromatic N) is 1. The fourth-order valence-corrected chi connectivity index (χ4v) is 3.26. The van der Waals surface area contributed by atoms with E-state index in [0.717, 1.165) is 19.4 Å². The van der Waals surface area contributed by atoms with E-state index in [-0.39, 0.29) is 0 Å². The summed E-state index contributed by atoms with van der Waals surface area (Å²) >= 11 is 1.86. The Kier molecular flexibility index (Phi) is 2.72. The molecule has 0 amide bonds. The van der Waals surface area contributed by atoms with Crippen molar-refractivity contribution in [1.29, 1.82) is 0 Å². The minimum Gasteiger partial charge on any atom is -0.309 e. The van der Waals surface area contributed by atoms with Gasteiger partial charge in [-0.15, -0.1) is 11.3 Å². The van der Waals surface area contributed by atoms with Crippen LogP contribution >= 0.6 is 11.3 Å². The summed E-state index contributed by atoms with van der Waals surface area (Å²) in [5.41, 5.74) is 2.69. The lowest BCUT2D eigenvalue weighted by molar-refractivity contribution is 0.508. The van der Waals surface area contributed by atoms with Gasteiger partial charge in [0.15, 0.2) is 0 Å². The molecule has 0 saturated heterocycles. The molecule has 1 atom stereocenters. The molecule has 0 radical (unpaired) electrons. The van der Waals surface area contributed by atoms with Gasteiger partial charge in [0.1, 0.15) is 0 Å². The maximum Gasteiger partial charge on any atom is 0.0473 e. The van der Waals surface area contributed by atoms with E-state index in [4.69, 9.17) is 0 Å². The van der Waals surface area contributed by atoms with Gasteiger partial charge in [-0.25, -0.2) is 0 Å². The van der Waals surface area contributed by atoms with Gasteiger partial charge in [0, 0.05) is 29.2 Å². The van der Waals surface area contributed by atoms with E-state index in [1.807, 2.05) is 23.6 Å². The number of aromatic nitrogens is 1. The Balaban J connectivity index is 1.83. The summed E-state index contributed by atoms with van der Waals surface area (Å²) < 4.78 is 0. The molecule has 1 N–H and O–H groups in total. The van der Waals surface area contributed by atoms with Crippen molar-refractivity contribution in [1.82, 2.24) is 10.3 Å². The molecule has 0 saturated carbocycles. The molecule has 82 valence electrons. The van der Waals surface area contributed by atoms with Gasteiger partial charge in [0.2, 0.25) is 0 Å². The predicted octanol–water partition coefficient (Wildman–Crippen LogP) is 2.57. The van der Waals surface area contributed by atoms with E-state index in [1.165, 1.54) is 16.1 Å². The van der Waals surface area contributed by atoms with Gasteiger partial charge in [0.25, 0.3) is 0 Å². The number of fused-ring (bicyclic) bond motifs is 1. The summed E-state index contributed by atoms with van der Waals surface area (Å²) in [4.78, 5) is 5.89. The first kappa shape index (κ1) is 10.00. The molecule has 2 aromatic heterocycles. The monoisotopic (exact) mass is 230 g/mol. The molecule has 3 heteroatoms. The highest BCUT2D eigenvalue weighted by molar-refractivity contribution is 7.10. The van der Waals surface area contributed by atoms with Gasteiger partial charge in [-0.3, -0.25) is 4.98 Å². The smallest absolute Gasteiger partial charge is 0.0473 e. The number of pyridine rings is 1. The van der Waals surface area contributed by atoms with Crippen molar-refractivity contribution >= 4 is 11.3 Å². The zero-order valence-electron chi connectivity index (χ0n) is 9.02. The second-order valence-electron chi connectivity index (χ2n) is 4.09. The second-order valence-corrected chi connectivity index (χ2v) is 5.04. The molecule has 1 aliphatic heterocycles. The van der Waals surface area contributed by atoms with Crippen LogP contribution < -0.4 is 5.32 Å². The van der Waals surface area contributed by atoms with E-state index in [0.29, 0.717) is 6.04 Å². The fourth-order valence-electron chi connectivity index (χ4n) is 2.23. The molecule has 1 aliphatic rings. The Bertz CT molecular complexity index is 464. The maximum absolute atomic E-state index is 4.39. The Hall–Kier alpha value is -1.19. The van der Waals surface area contributed by atoms with Crippen LogP contribution in [0.5, 0.6) is 0 Å². The maximum atomic E-state index is 4.39. The Morgan fingerprint density at radius 1 is 1.38 bits per heavy atom. The lowest BCUT2D eigenvalue weighted by Gasteiger charge is -2.23. The van der Waals surface area contributed by atoms with Crippen molar-refractivity contribution in [3.05, 3.63) is 52.0 Å². The number of nitrogens with one attached hydrogen (secondary N) is 1. The Labute approximate surface area is 99.4 Å². The Morgan fingerprint density at radius 3 is 3.25 bits per heavy atom. The van der Waals surface area contributed by atoms with E-state index in [2.05, 4.69) is 33.9 Å². The zero-order chi connectivity index (χ0) is 10.8. The molecule has 0 bridgehead atoms. The van der Waals surface area contributed by atoms with Gasteiger partial charge >= 0.3 is 0 Å². The van der Waals surface area contributed by atoms with Crippen molar-refractivity contribution in [3.8, 4) is 0 Å². The van der Waals surface area contributed by atoms with E-state index in [9.17, 15) is 0 Å². The third kappa shape index (κ3) is 1.88. The van der Waals surface area contributed by atoms with Crippen LogP contribution in [0.1, 0.15) is 22.2 Å². The summed E-state index contributed by atoms with van der Waals surface area (Å²) in [5.74, 6) is 0. The van der Waals surface area contributed by atoms with Gasteiger partial charge in [-0.05, 0) is 42.1 Å². The average molecular weight is 230 g/mol. The van der Waals surface area contributed by atoms with E-state index in [1.54, 1.807) is 0 Å². The molecule has 0 spiro atoms. The largest absolute Gasteiger partial charge is 0.309 e. The average Bonchev–Trinajstić information content (AvgIpc) is 2.80. The van der Waals surface area contributed by atoms with Crippen LogP contribution in [0.4, 0.5) is 0 Å². The van der Waals surface area contributed by atoms with Crippen LogP contribution in [-0.4, -0.2) is 11.5 Å². The normalized spacial score (nSPS) is 19.4. The van der Waals surface area contributed by atoms with Crippen molar-refractivity contribution in [3.63, 3.8) is 0 Å². The highest BCUT2D eigenvalue weighted by Gasteiger charge is 2.21. The summed E-state index contributed by atoms with van der Waals surface area (Å²) in [6.45, 7) is 1.08. The van der Waals surface area contributed by atoms with Gasteiger partial charge < -0.3 is 5.32 Å². The van der Waals surface area contributed by atoms with Crippen molar-refractivity contribution in [2.24, 2.45) is 0 Å². The minimum absolute atomic E-state index is 0.457. The molecule has 0 fully saturated rings. The second kappa shape index (κ2) is 4.36. The molecule has 0 aromatic carbocycles. The number of rotatable bonds is 2. The van der Waals surface area contributed by atoms with Crippen LogP contribution in [0.3, 0.4) is 0 Å². The lowest BCUT2D eigenvalue weighted by atomic mass is 10.0. The fraction of sp³-hybridized carbons (Fsp3) is 0.308. The van der Waals surface area contributed by atoms with Crippen molar-refractivity contribution < 1.29 is 0 Å². The summed E-state index contributed by atoms with van der Waals surface area (Å²) in [5, 5.41) is 5.78. The molecule has 2 nitrogen and oxygen atoms in total. The summed E-state index contributed by atoms with van der Waals surface area (Å²) in [6, 6.07) is 8.84. The molecule has 0 aliphatic carbocycles. The number of hydrogen-bond donors (Lipinski definition) is 1. The minimum atomic E-state index is 0.457. The topological polar surface area (TPSA) is 24.9 Å². The molecular weight excluding hydrogens is 216 g/mol. The van der Waals surface area contributed by atoms with Gasteiger partial charge in [0.05, 0.1) is 0 Å². The van der Waals surface area contributed by atoms with Crippen molar-refractivity contribution in [2.75, 3.05) is 6.54 Å². The zero-order valence-corrected chi connectivity index (χ0v) is 9.83. The van der Waals surface area contributed by atoms with Crippen LogP contribution in [0.15, 0.2) is 35.8 Å². The third-order valence-electron chi connectivity index (χ3n) is 3.02. The first-order valence-electron chi connectivity index (χ1n) is 5.63. The van der Waals surface area contributed by atoms with E-state index < -0.39 is 0 Å². The molecule has 0 unspecified atom stereocenters. The number of hydrogen-bond acceptors (Lipinski definition) is 3. The van der Waals surface area contributed by atoms with Crippen LogP contribution in [-0.2, 0) is 12.8 Å². The highest BCUT2D eigenvalue weighted by atomic mass is 32.1. The molecule has 3 rings (SSSR count). The predicted molar refractivity (Wildman–Crippen MR) is 66.7 cm³/mol. The molecule has 2 aromatic rings. The highest BCUT2D eigenvalue weighted by Crippen LogP contribution is 2.29. The van der Waals surface area contributed by atoms with Crippen LogP contribution in [0.2, 0.25) is 0 Å². The SMILES string of the molecule is c1ccc(C[C@@H]2NCCc3ccsc32)nc1. The molecule has 3 heterocycles. The molecular formula is C13H14N2S. The van der Waals surface area contributed by atoms with Crippen molar-refractivity contribution in [2.45, 2.75) is 18.9 Å². The van der Waals surface area contributed by atoms with Crippen LogP contribution in [0, 0.1) is 0 Å². The van der Waals surface area contributed by atoms with E-state index >= 15 is 0 Å².